The highest BCUT2D eigenvalue weighted by molar-refractivity contribution is 9.10. The molecule has 0 aliphatic heterocycles. The zero-order valence-electron chi connectivity index (χ0n) is 15.0. The van der Waals surface area contributed by atoms with Crippen molar-refractivity contribution < 1.29 is 4.92 Å². The summed E-state index contributed by atoms with van der Waals surface area (Å²) in [6.45, 7) is 1.23. The van der Waals surface area contributed by atoms with E-state index in [9.17, 15) is 10.1 Å². The molecule has 2 aromatic heterocycles. The number of nitrogens with two attached hydrogens (primary N) is 1. The van der Waals surface area contributed by atoms with Crippen molar-refractivity contribution in [3.8, 4) is 0 Å². The Morgan fingerprint density at radius 2 is 2.04 bits per heavy atom. The summed E-state index contributed by atoms with van der Waals surface area (Å²) in [5.74, 6) is 3.58. The minimum Gasteiger partial charge on any atom is -0.375 e. The molecule has 4 N–H and O–H groups in total. The van der Waals surface area contributed by atoms with Crippen LogP contribution < -0.4 is 16.4 Å². The lowest BCUT2D eigenvalue weighted by molar-refractivity contribution is -0.404. The third-order valence-electron chi connectivity index (χ3n) is 3.25. The molecular formula is C16H21BrN6O2S3. The fourth-order valence-electron chi connectivity index (χ4n) is 2.03. The van der Waals surface area contributed by atoms with E-state index in [1.54, 1.807) is 29.7 Å². The van der Waals surface area contributed by atoms with E-state index in [0.29, 0.717) is 24.0 Å². The van der Waals surface area contributed by atoms with Gasteiger partial charge in [-0.3, -0.25) is 15.1 Å². The maximum absolute atomic E-state index is 10.8. The Morgan fingerprint density at radius 3 is 2.64 bits per heavy atom. The molecule has 0 bridgehead atoms. The van der Waals surface area contributed by atoms with Gasteiger partial charge in [0.05, 0.1) is 16.3 Å². The van der Waals surface area contributed by atoms with Crippen molar-refractivity contribution >= 4 is 55.9 Å². The second-order valence-electron chi connectivity index (χ2n) is 5.40. The molecule has 0 aromatic carbocycles. The number of aromatic nitrogens is 2. The van der Waals surface area contributed by atoms with Crippen molar-refractivity contribution in [2.24, 2.45) is 0 Å². The van der Waals surface area contributed by atoms with Crippen LogP contribution in [0.5, 0.6) is 0 Å². The van der Waals surface area contributed by atoms with Crippen LogP contribution in [0.15, 0.2) is 40.2 Å². The van der Waals surface area contributed by atoms with E-state index < -0.39 is 4.92 Å². The molecule has 0 radical (unpaired) electrons. The predicted octanol–water partition coefficient (Wildman–Crippen LogP) is 3.30. The van der Waals surface area contributed by atoms with Gasteiger partial charge in [-0.25, -0.2) is 4.98 Å². The van der Waals surface area contributed by atoms with Crippen LogP contribution in [0.2, 0.25) is 0 Å². The Labute approximate surface area is 184 Å². The summed E-state index contributed by atoms with van der Waals surface area (Å²) in [6.07, 6.45) is 2.73. The number of thioether (sulfide) groups is 2. The first-order chi connectivity index (χ1) is 13.5. The van der Waals surface area contributed by atoms with Crippen molar-refractivity contribution in [1.82, 2.24) is 20.6 Å². The van der Waals surface area contributed by atoms with Crippen LogP contribution in [-0.2, 0) is 11.5 Å². The molecule has 0 saturated heterocycles. The molecule has 28 heavy (non-hydrogen) atoms. The lowest BCUT2D eigenvalue weighted by atomic mass is 10.4. The highest BCUT2D eigenvalue weighted by atomic mass is 79.9. The summed E-state index contributed by atoms with van der Waals surface area (Å²) in [5.41, 5.74) is 7.55. The minimum absolute atomic E-state index is 0.420. The Hall–Kier alpha value is -1.50. The minimum atomic E-state index is -0.460. The smallest absolute Gasteiger partial charge is 0.274 e. The lowest BCUT2D eigenvalue weighted by Gasteiger charge is -2.11. The second kappa shape index (κ2) is 12.9. The summed E-state index contributed by atoms with van der Waals surface area (Å²) in [4.78, 5) is 18.9. The van der Waals surface area contributed by atoms with Crippen molar-refractivity contribution in [1.29, 1.82) is 0 Å². The normalized spacial score (nSPS) is 11.4. The summed E-state index contributed by atoms with van der Waals surface area (Å²) in [5, 5.41) is 19.5. The van der Waals surface area contributed by atoms with E-state index in [1.165, 1.54) is 11.3 Å². The molecule has 0 amide bonds. The molecule has 152 valence electrons. The number of thiazole rings is 1. The van der Waals surface area contributed by atoms with E-state index in [-0.39, 0.29) is 0 Å². The van der Waals surface area contributed by atoms with Crippen LogP contribution in [0.25, 0.3) is 0 Å². The Kier molecular flexibility index (Phi) is 10.5. The van der Waals surface area contributed by atoms with Gasteiger partial charge in [-0.1, -0.05) is 0 Å². The van der Waals surface area contributed by atoms with E-state index in [2.05, 4.69) is 36.5 Å². The predicted molar refractivity (Wildman–Crippen MR) is 122 cm³/mol. The van der Waals surface area contributed by atoms with Crippen molar-refractivity contribution in [3.63, 3.8) is 0 Å². The number of halogens is 1. The number of nitrogens with zero attached hydrogens (tertiary/aromatic N) is 3. The molecule has 0 spiro atoms. The first-order valence-corrected chi connectivity index (χ1v) is 12.3. The fraction of sp³-hybridized carbons (Fsp3) is 0.375. The van der Waals surface area contributed by atoms with Gasteiger partial charge in [-0.2, -0.15) is 23.5 Å². The van der Waals surface area contributed by atoms with Gasteiger partial charge in [-0.15, -0.1) is 11.3 Å². The highest BCUT2D eigenvalue weighted by Gasteiger charge is 2.04. The zero-order valence-corrected chi connectivity index (χ0v) is 19.0. The maximum atomic E-state index is 10.8. The number of rotatable bonds is 13. The van der Waals surface area contributed by atoms with Gasteiger partial charge >= 0.3 is 0 Å². The van der Waals surface area contributed by atoms with E-state index in [0.717, 1.165) is 45.1 Å². The quantitative estimate of drug-likeness (QED) is 0.214. The topological polar surface area (TPSA) is 119 Å². The molecule has 2 heterocycles. The number of anilines is 1. The first kappa shape index (κ1) is 22.8. The molecule has 0 unspecified atom stereocenters. The van der Waals surface area contributed by atoms with E-state index in [1.807, 2.05) is 17.5 Å². The van der Waals surface area contributed by atoms with Crippen LogP contribution in [-0.4, -0.2) is 39.5 Å². The molecule has 8 nitrogen and oxygen atoms in total. The Balaban J connectivity index is 1.62. The van der Waals surface area contributed by atoms with E-state index in [4.69, 9.17) is 5.73 Å². The largest absolute Gasteiger partial charge is 0.375 e. The Bertz CT molecular complexity index is 789. The van der Waals surface area contributed by atoms with Crippen LogP contribution >= 0.6 is 50.8 Å². The number of nitrogen functional groups attached to an aromatic ring is 1. The van der Waals surface area contributed by atoms with E-state index >= 15 is 0 Å². The fourth-order valence-corrected chi connectivity index (χ4v) is 4.84. The maximum Gasteiger partial charge on any atom is 0.274 e. The molecule has 0 fully saturated rings. The average Bonchev–Trinajstić information content (AvgIpc) is 3.07. The third kappa shape index (κ3) is 9.13. The van der Waals surface area contributed by atoms with Crippen molar-refractivity contribution in [3.05, 3.63) is 61.7 Å². The number of hydrogen-bond donors (Lipinski definition) is 3. The highest BCUT2D eigenvalue weighted by Crippen LogP contribution is 2.19. The summed E-state index contributed by atoms with van der Waals surface area (Å²) >= 11 is 8.31. The molecule has 12 heteroatoms. The summed E-state index contributed by atoms with van der Waals surface area (Å²) < 4.78 is 0.990. The number of nitrogens with one attached hydrogen (secondary N) is 2. The standard InChI is InChI=1S/C16H21BrN6O2S3/c17-13-2-1-3-19-14(13)11-27-7-5-21-15(8-23(24)25)20-4-6-26-9-12-10-28-16(18)22-12/h1-3,8,10,20-21H,4-7,9,11H2,(H2,18,22)/b15-8+. The van der Waals surface area contributed by atoms with Gasteiger partial charge in [0.1, 0.15) is 0 Å². The summed E-state index contributed by atoms with van der Waals surface area (Å²) in [6, 6.07) is 3.84. The molecule has 0 saturated carbocycles. The number of nitro groups is 1. The molecule has 0 aliphatic carbocycles. The van der Waals surface area contributed by atoms with Crippen LogP contribution in [0.1, 0.15) is 11.4 Å². The SMILES string of the molecule is Nc1nc(CSCCN/C(=C\[N+](=O)[O-])NCCSCc2ncccc2Br)cs1. The molecule has 2 rings (SSSR count). The number of pyridine rings is 1. The van der Waals surface area contributed by atoms with Gasteiger partial charge < -0.3 is 16.4 Å². The number of hydrogen-bond acceptors (Lipinski definition) is 10. The zero-order chi connectivity index (χ0) is 20.2. The molecular weight excluding hydrogens is 484 g/mol. The van der Waals surface area contributed by atoms with Crippen LogP contribution in [0.3, 0.4) is 0 Å². The average molecular weight is 505 g/mol. The van der Waals surface area contributed by atoms with Crippen LogP contribution in [0, 0.1) is 10.1 Å². The van der Waals surface area contributed by atoms with Crippen molar-refractivity contribution in [2.45, 2.75) is 11.5 Å². The lowest BCUT2D eigenvalue weighted by Crippen LogP contribution is -2.30. The second-order valence-corrected chi connectivity index (χ2v) is 9.35. The molecule has 0 atom stereocenters. The first-order valence-electron chi connectivity index (χ1n) is 8.32. The monoisotopic (exact) mass is 504 g/mol. The summed E-state index contributed by atoms with van der Waals surface area (Å²) in [7, 11) is 0. The van der Waals surface area contributed by atoms with Gasteiger partial charge in [0.25, 0.3) is 6.20 Å². The molecule has 0 aliphatic rings. The van der Waals surface area contributed by atoms with Gasteiger partial charge in [-0.05, 0) is 28.1 Å². The van der Waals surface area contributed by atoms with Crippen LogP contribution in [0.4, 0.5) is 5.13 Å². The van der Waals surface area contributed by atoms with Gasteiger partial charge in [0, 0.05) is 52.2 Å². The van der Waals surface area contributed by atoms with Crippen molar-refractivity contribution in [2.75, 3.05) is 30.3 Å². The Morgan fingerprint density at radius 1 is 1.32 bits per heavy atom. The third-order valence-corrected chi connectivity index (χ3v) is 6.66. The van der Waals surface area contributed by atoms with Gasteiger partial charge in [0.15, 0.2) is 11.0 Å². The van der Waals surface area contributed by atoms with Gasteiger partial charge in [0.2, 0.25) is 0 Å². The molecule has 2 aromatic rings.